The standard InChI is InChI=1S/C16H26N2O2/c1-12-5-4-8-18(15(12)10-17)11-13-6-7-14(19-2)9-16(13)20-3/h6-7,9,12,15H,4-5,8,10-11,17H2,1-3H3. The molecule has 1 heterocycles. The van der Waals surface area contributed by atoms with Crippen LogP contribution < -0.4 is 15.2 Å². The van der Waals surface area contributed by atoms with E-state index in [2.05, 4.69) is 17.9 Å². The highest BCUT2D eigenvalue weighted by Crippen LogP contribution is 2.29. The van der Waals surface area contributed by atoms with Crippen LogP contribution in [0.2, 0.25) is 0 Å². The Morgan fingerprint density at radius 3 is 2.75 bits per heavy atom. The van der Waals surface area contributed by atoms with Gasteiger partial charge in [-0.3, -0.25) is 4.90 Å². The van der Waals surface area contributed by atoms with Crippen LogP contribution >= 0.6 is 0 Å². The summed E-state index contributed by atoms with van der Waals surface area (Å²) in [6, 6.07) is 6.49. The molecule has 112 valence electrons. The van der Waals surface area contributed by atoms with Crippen molar-refractivity contribution in [1.29, 1.82) is 0 Å². The van der Waals surface area contributed by atoms with Gasteiger partial charge in [-0.2, -0.15) is 0 Å². The minimum atomic E-state index is 0.468. The lowest BCUT2D eigenvalue weighted by Crippen LogP contribution is -2.48. The lowest BCUT2D eigenvalue weighted by Gasteiger charge is -2.39. The van der Waals surface area contributed by atoms with Gasteiger partial charge < -0.3 is 15.2 Å². The fourth-order valence-corrected chi connectivity index (χ4v) is 3.11. The third-order valence-electron chi connectivity index (χ3n) is 4.34. The molecule has 4 nitrogen and oxygen atoms in total. The summed E-state index contributed by atoms with van der Waals surface area (Å²) in [7, 11) is 3.38. The number of nitrogens with zero attached hydrogens (tertiary/aromatic N) is 1. The van der Waals surface area contributed by atoms with Crippen LogP contribution in [0.25, 0.3) is 0 Å². The van der Waals surface area contributed by atoms with Gasteiger partial charge in [0.15, 0.2) is 0 Å². The van der Waals surface area contributed by atoms with Crippen LogP contribution in [0.4, 0.5) is 0 Å². The zero-order valence-corrected chi connectivity index (χ0v) is 12.8. The summed E-state index contributed by atoms with van der Waals surface area (Å²) < 4.78 is 10.7. The second-order valence-electron chi connectivity index (χ2n) is 5.57. The number of benzene rings is 1. The molecule has 2 N–H and O–H groups in total. The van der Waals surface area contributed by atoms with Gasteiger partial charge in [0.05, 0.1) is 14.2 Å². The number of likely N-dealkylation sites (tertiary alicyclic amines) is 1. The Kier molecular flexibility index (Phi) is 5.26. The number of nitrogens with two attached hydrogens (primary N) is 1. The summed E-state index contributed by atoms with van der Waals surface area (Å²) in [5, 5.41) is 0. The van der Waals surface area contributed by atoms with E-state index < -0.39 is 0 Å². The molecule has 2 unspecified atom stereocenters. The average molecular weight is 278 g/mol. The van der Waals surface area contributed by atoms with Crippen molar-refractivity contribution in [2.24, 2.45) is 11.7 Å². The van der Waals surface area contributed by atoms with Crippen LogP contribution in [-0.2, 0) is 6.54 Å². The first kappa shape index (κ1) is 15.1. The third kappa shape index (κ3) is 3.25. The topological polar surface area (TPSA) is 47.7 Å². The van der Waals surface area contributed by atoms with E-state index in [1.807, 2.05) is 12.1 Å². The molecule has 0 spiro atoms. The molecule has 2 atom stereocenters. The Morgan fingerprint density at radius 2 is 2.10 bits per heavy atom. The Bertz CT molecular complexity index is 436. The minimum absolute atomic E-state index is 0.468. The maximum Gasteiger partial charge on any atom is 0.127 e. The van der Waals surface area contributed by atoms with E-state index in [4.69, 9.17) is 15.2 Å². The van der Waals surface area contributed by atoms with Gasteiger partial charge in [0.1, 0.15) is 11.5 Å². The SMILES string of the molecule is COc1ccc(CN2CCCC(C)C2CN)c(OC)c1. The Hall–Kier alpha value is -1.26. The van der Waals surface area contributed by atoms with Crippen molar-refractivity contribution in [1.82, 2.24) is 4.90 Å². The predicted octanol–water partition coefficient (Wildman–Crippen LogP) is 2.26. The highest BCUT2D eigenvalue weighted by molar-refractivity contribution is 5.40. The molecule has 1 aliphatic heterocycles. The van der Waals surface area contributed by atoms with E-state index in [9.17, 15) is 0 Å². The van der Waals surface area contributed by atoms with Crippen molar-refractivity contribution < 1.29 is 9.47 Å². The van der Waals surface area contributed by atoms with Gasteiger partial charge in [0.2, 0.25) is 0 Å². The van der Waals surface area contributed by atoms with Crippen molar-refractivity contribution in [2.75, 3.05) is 27.3 Å². The van der Waals surface area contributed by atoms with Gasteiger partial charge in [0.25, 0.3) is 0 Å². The normalized spacial score (nSPS) is 23.6. The van der Waals surface area contributed by atoms with Crippen LogP contribution in [0.1, 0.15) is 25.3 Å². The fourth-order valence-electron chi connectivity index (χ4n) is 3.11. The molecule has 1 aromatic carbocycles. The van der Waals surface area contributed by atoms with E-state index in [-0.39, 0.29) is 0 Å². The smallest absolute Gasteiger partial charge is 0.127 e. The van der Waals surface area contributed by atoms with Gasteiger partial charge in [-0.05, 0) is 31.4 Å². The van der Waals surface area contributed by atoms with E-state index in [1.165, 1.54) is 18.4 Å². The molecule has 0 aliphatic carbocycles. The molecule has 1 saturated heterocycles. The second kappa shape index (κ2) is 6.95. The second-order valence-corrected chi connectivity index (χ2v) is 5.57. The van der Waals surface area contributed by atoms with Gasteiger partial charge in [-0.15, -0.1) is 0 Å². The molecular formula is C16H26N2O2. The zero-order valence-electron chi connectivity index (χ0n) is 12.8. The van der Waals surface area contributed by atoms with E-state index in [0.29, 0.717) is 12.0 Å². The lowest BCUT2D eigenvalue weighted by molar-refractivity contribution is 0.0981. The molecule has 20 heavy (non-hydrogen) atoms. The van der Waals surface area contributed by atoms with Crippen LogP contribution in [0.3, 0.4) is 0 Å². The molecule has 4 heteroatoms. The number of hydrogen-bond acceptors (Lipinski definition) is 4. The molecule has 1 aromatic rings. The molecule has 2 rings (SSSR count). The largest absolute Gasteiger partial charge is 0.497 e. The van der Waals surface area contributed by atoms with Crippen LogP contribution in [0, 0.1) is 5.92 Å². The van der Waals surface area contributed by atoms with Crippen molar-refractivity contribution in [3.63, 3.8) is 0 Å². The quantitative estimate of drug-likeness (QED) is 0.897. The minimum Gasteiger partial charge on any atom is -0.497 e. The Balaban J connectivity index is 2.15. The van der Waals surface area contributed by atoms with E-state index in [0.717, 1.165) is 31.1 Å². The lowest BCUT2D eigenvalue weighted by atomic mass is 9.90. The zero-order chi connectivity index (χ0) is 14.5. The molecule has 0 aromatic heterocycles. The molecule has 0 bridgehead atoms. The van der Waals surface area contributed by atoms with Crippen LogP contribution in [0.5, 0.6) is 11.5 Å². The third-order valence-corrected chi connectivity index (χ3v) is 4.34. The molecule has 1 aliphatic rings. The van der Waals surface area contributed by atoms with Crippen molar-refractivity contribution >= 4 is 0 Å². The first-order valence-electron chi connectivity index (χ1n) is 7.34. The molecule has 1 fully saturated rings. The molecular weight excluding hydrogens is 252 g/mol. The summed E-state index contributed by atoms with van der Waals surface area (Å²) in [5.41, 5.74) is 7.16. The summed E-state index contributed by atoms with van der Waals surface area (Å²) in [4.78, 5) is 2.48. The van der Waals surface area contributed by atoms with Crippen molar-refractivity contribution in [3.8, 4) is 11.5 Å². The van der Waals surface area contributed by atoms with Crippen LogP contribution in [-0.4, -0.2) is 38.3 Å². The summed E-state index contributed by atoms with van der Waals surface area (Å²) in [6.45, 7) is 5.02. The van der Waals surface area contributed by atoms with Gasteiger partial charge in [0, 0.05) is 30.8 Å². The molecule has 0 saturated carbocycles. The Morgan fingerprint density at radius 1 is 1.30 bits per heavy atom. The van der Waals surface area contributed by atoms with Crippen molar-refractivity contribution in [2.45, 2.75) is 32.4 Å². The van der Waals surface area contributed by atoms with E-state index >= 15 is 0 Å². The molecule has 0 amide bonds. The first-order chi connectivity index (χ1) is 9.69. The maximum atomic E-state index is 5.96. The summed E-state index contributed by atoms with van der Waals surface area (Å²) >= 11 is 0. The summed E-state index contributed by atoms with van der Waals surface area (Å²) in [5.74, 6) is 2.38. The maximum absolute atomic E-state index is 5.96. The molecule has 0 radical (unpaired) electrons. The highest BCUT2D eigenvalue weighted by atomic mass is 16.5. The number of piperidine rings is 1. The number of hydrogen-bond donors (Lipinski definition) is 1. The fraction of sp³-hybridized carbons (Fsp3) is 0.625. The average Bonchev–Trinajstić information content (AvgIpc) is 2.48. The van der Waals surface area contributed by atoms with E-state index in [1.54, 1.807) is 14.2 Å². The van der Waals surface area contributed by atoms with Gasteiger partial charge >= 0.3 is 0 Å². The first-order valence-corrected chi connectivity index (χ1v) is 7.34. The number of rotatable bonds is 5. The van der Waals surface area contributed by atoms with Gasteiger partial charge in [-0.25, -0.2) is 0 Å². The summed E-state index contributed by atoms with van der Waals surface area (Å²) in [6.07, 6.45) is 2.52. The van der Waals surface area contributed by atoms with Crippen molar-refractivity contribution in [3.05, 3.63) is 23.8 Å². The van der Waals surface area contributed by atoms with Gasteiger partial charge in [-0.1, -0.05) is 13.0 Å². The van der Waals surface area contributed by atoms with Crippen LogP contribution in [0.15, 0.2) is 18.2 Å². The number of methoxy groups -OCH3 is 2. The Labute approximate surface area is 121 Å². The monoisotopic (exact) mass is 278 g/mol. The predicted molar refractivity (Wildman–Crippen MR) is 81.2 cm³/mol. The highest BCUT2D eigenvalue weighted by Gasteiger charge is 2.27. The number of ether oxygens (including phenoxy) is 2.